The standard InChI is InChI=1S/C43H81O13P/c1-3-5-7-9-11-13-15-17-18-20-22-24-26-28-30-32-37(45)55-35(34-54-57(51,52)56-43-41(49)39(47)38(46)40(48)42(43)50)33-53-36(44)31-29-27-25-23-21-19-16-14-12-10-8-6-4-2/h17-18,35,38-43,46-50H,3-16,19-34H2,1-2H3,(H,51,52)/p-1/b18-17+/t35-,38?,39-,40+,41-,42-,43?/m1/s1. The van der Waals surface area contributed by atoms with Crippen LogP contribution in [0.1, 0.15) is 194 Å². The Morgan fingerprint density at radius 3 is 1.35 bits per heavy atom. The number of unbranched alkanes of at least 4 members (excludes halogenated alkanes) is 23. The Labute approximate surface area is 343 Å². The normalized spacial score (nSPS) is 22.7. The van der Waals surface area contributed by atoms with Gasteiger partial charge in [-0.05, 0) is 38.5 Å². The summed E-state index contributed by atoms with van der Waals surface area (Å²) in [6.07, 6.45) is 20.8. The molecule has 0 bridgehead atoms. The highest BCUT2D eigenvalue weighted by molar-refractivity contribution is 7.45. The van der Waals surface area contributed by atoms with Crippen LogP contribution in [0.25, 0.3) is 0 Å². The minimum atomic E-state index is -5.36. The number of allylic oxidation sites excluding steroid dienone is 2. The summed E-state index contributed by atoms with van der Waals surface area (Å²) in [6.45, 7) is 3.19. The van der Waals surface area contributed by atoms with Crippen LogP contribution in [-0.2, 0) is 32.7 Å². The number of carbonyl (C=O) groups is 2. The van der Waals surface area contributed by atoms with E-state index < -0.39 is 75.7 Å². The van der Waals surface area contributed by atoms with Crippen LogP contribution in [0.3, 0.4) is 0 Å². The Morgan fingerprint density at radius 2 is 0.912 bits per heavy atom. The monoisotopic (exact) mass is 836 g/mol. The number of aliphatic hydroxyl groups is 5. The van der Waals surface area contributed by atoms with Crippen molar-refractivity contribution in [1.29, 1.82) is 0 Å². The molecule has 1 saturated carbocycles. The quantitative estimate of drug-likeness (QED) is 0.0176. The molecule has 0 aliphatic heterocycles. The molecular weight excluding hydrogens is 755 g/mol. The predicted molar refractivity (Wildman–Crippen MR) is 219 cm³/mol. The Bertz CT molecular complexity index is 1060. The maximum absolute atomic E-state index is 12.7. The molecule has 0 amide bonds. The van der Waals surface area contributed by atoms with Gasteiger partial charge in [-0.3, -0.25) is 14.2 Å². The minimum absolute atomic E-state index is 0.0751. The molecule has 1 fully saturated rings. The number of esters is 2. The second-order valence-corrected chi connectivity index (χ2v) is 17.3. The van der Waals surface area contributed by atoms with E-state index in [4.69, 9.17) is 18.5 Å². The number of ether oxygens (including phenoxy) is 2. The van der Waals surface area contributed by atoms with Crippen molar-refractivity contribution in [2.24, 2.45) is 0 Å². The van der Waals surface area contributed by atoms with E-state index in [2.05, 4.69) is 26.0 Å². The topological polar surface area (TPSA) is 212 Å². The molecule has 336 valence electrons. The first-order chi connectivity index (χ1) is 27.4. The van der Waals surface area contributed by atoms with E-state index in [1.807, 2.05) is 0 Å². The molecule has 13 nitrogen and oxygen atoms in total. The van der Waals surface area contributed by atoms with Crippen LogP contribution in [0.15, 0.2) is 12.2 Å². The Kier molecular flexibility index (Phi) is 32.3. The van der Waals surface area contributed by atoms with Gasteiger partial charge in [-0.2, -0.15) is 0 Å². The third kappa shape index (κ3) is 27.1. The fourth-order valence-corrected chi connectivity index (χ4v) is 7.88. The molecule has 0 aromatic carbocycles. The van der Waals surface area contributed by atoms with E-state index >= 15 is 0 Å². The summed E-state index contributed by atoms with van der Waals surface area (Å²) in [6, 6.07) is 0. The number of rotatable bonds is 37. The van der Waals surface area contributed by atoms with Gasteiger partial charge in [0.15, 0.2) is 6.10 Å². The number of hydrogen-bond acceptors (Lipinski definition) is 13. The average Bonchev–Trinajstić information content (AvgIpc) is 3.19. The van der Waals surface area contributed by atoms with Crippen LogP contribution < -0.4 is 4.89 Å². The molecule has 3 unspecified atom stereocenters. The fraction of sp³-hybridized carbons (Fsp3) is 0.907. The van der Waals surface area contributed by atoms with Crippen LogP contribution in [0.5, 0.6) is 0 Å². The van der Waals surface area contributed by atoms with Gasteiger partial charge in [-0.15, -0.1) is 0 Å². The Hall–Kier alpha value is -1.41. The number of aliphatic hydroxyl groups excluding tert-OH is 5. The second kappa shape index (κ2) is 34.3. The lowest BCUT2D eigenvalue weighted by Crippen LogP contribution is -2.64. The van der Waals surface area contributed by atoms with E-state index in [-0.39, 0.29) is 12.8 Å². The zero-order valence-electron chi connectivity index (χ0n) is 35.4. The molecule has 1 rings (SSSR count). The predicted octanol–water partition coefficient (Wildman–Crippen LogP) is 7.65. The van der Waals surface area contributed by atoms with E-state index in [1.165, 1.54) is 96.3 Å². The Balaban J connectivity index is 2.48. The van der Waals surface area contributed by atoms with Crippen molar-refractivity contribution >= 4 is 19.8 Å². The van der Waals surface area contributed by atoms with E-state index in [0.29, 0.717) is 12.8 Å². The van der Waals surface area contributed by atoms with Crippen LogP contribution in [0.4, 0.5) is 0 Å². The molecular formula is C43H80O13P-. The lowest BCUT2D eigenvalue weighted by molar-refractivity contribution is -0.261. The maximum atomic E-state index is 12.7. The van der Waals surface area contributed by atoms with Gasteiger partial charge in [-0.25, -0.2) is 0 Å². The molecule has 0 radical (unpaired) electrons. The Morgan fingerprint density at radius 1 is 0.544 bits per heavy atom. The smallest absolute Gasteiger partial charge is 0.306 e. The molecule has 0 heterocycles. The first-order valence-electron chi connectivity index (χ1n) is 22.5. The van der Waals surface area contributed by atoms with Gasteiger partial charge in [0.2, 0.25) is 0 Å². The number of phosphoric ester groups is 1. The van der Waals surface area contributed by atoms with Gasteiger partial charge in [0.05, 0.1) is 6.61 Å². The van der Waals surface area contributed by atoms with Crippen molar-refractivity contribution in [1.82, 2.24) is 0 Å². The van der Waals surface area contributed by atoms with Crippen LogP contribution in [0, 0.1) is 0 Å². The van der Waals surface area contributed by atoms with Gasteiger partial charge in [0.25, 0.3) is 7.82 Å². The van der Waals surface area contributed by atoms with E-state index in [0.717, 1.165) is 57.8 Å². The molecule has 0 saturated heterocycles. The lowest BCUT2D eigenvalue weighted by Gasteiger charge is -2.43. The summed E-state index contributed by atoms with van der Waals surface area (Å²) in [5.41, 5.74) is 0. The summed E-state index contributed by atoms with van der Waals surface area (Å²) in [5.74, 6) is -1.14. The van der Waals surface area contributed by atoms with Crippen LogP contribution >= 0.6 is 7.82 Å². The third-order valence-corrected chi connectivity index (χ3v) is 11.6. The van der Waals surface area contributed by atoms with E-state index in [9.17, 15) is 44.6 Å². The third-order valence-electron chi connectivity index (χ3n) is 10.6. The van der Waals surface area contributed by atoms with Crippen molar-refractivity contribution in [3.8, 4) is 0 Å². The minimum Gasteiger partial charge on any atom is -0.756 e. The van der Waals surface area contributed by atoms with Crippen molar-refractivity contribution in [2.75, 3.05) is 13.2 Å². The van der Waals surface area contributed by atoms with Gasteiger partial charge in [0, 0.05) is 12.8 Å². The highest BCUT2D eigenvalue weighted by Gasteiger charge is 2.50. The highest BCUT2D eigenvalue weighted by Crippen LogP contribution is 2.43. The van der Waals surface area contributed by atoms with Crippen molar-refractivity contribution < 1.29 is 63.1 Å². The summed E-state index contributed by atoms with van der Waals surface area (Å²) < 4.78 is 33.1. The van der Waals surface area contributed by atoms with E-state index in [1.54, 1.807) is 0 Å². The van der Waals surface area contributed by atoms with Gasteiger partial charge in [-0.1, -0.05) is 154 Å². The summed E-state index contributed by atoms with van der Waals surface area (Å²) >= 11 is 0. The van der Waals surface area contributed by atoms with Crippen molar-refractivity contribution in [3.05, 3.63) is 12.2 Å². The van der Waals surface area contributed by atoms with Gasteiger partial charge < -0.3 is 48.9 Å². The maximum Gasteiger partial charge on any atom is 0.306 e. The van der Waals surface area contributed by atoms with Gasteiger partial charge in [0.1, 0.15) is 43.2 Å². The van der Waals surface area contributed by atoms with Crippen molar-refractivity contribution in [2.45, 2.75) is 236 Å². The fourth-order valence-electron chi connectivity index (χ4n) is 6.92. The number of hydrogen-bond donors (Lipinski definition) is 5. The summed E-state index contributed by atoms with van der Waals surface area (Å²) in [5, 5.41) is 50.0. The van der Waals surface area contributed by atoms with Gasteiger partial charge >= 0.3 is 11.9 Å². The molecule has 1 aliphatic carbocycles. The molecule has 1 aliphatic rings. The van der Waals surface area contributed by atoms with Crippen molar-refractivity contribution in [3.63, 3.8) is 0 Å². The SMILES string of the molecule is CCCCCCCC/C=C/CCCCCCCC(=O)O[C@H](COC(=O)CCCCCCCCCCCCCCC)COP(=O)([O-])OC1[C@H](O)[C@H](O)C(O)[C@H](O)[C@H]1O. The number of phosphoric acid groups is 1. The zero-order chi connectivity index (χ0) is 42.2. The summed E-state index contributed by atoms with van der Waals surface area (Å²) in [7, 11) is -5.36. The molecule has 14 heteroatoms. The lowest BCUT2D eigenvalue weighted by atomic mass is 9.85. The zero-order valence-corrected chi connectivity index (χ0v) is 36.3. The molecule has 0 aromatic heterocycles. The number of carbonyl (C=O) groups excluding carboxylic acids is 2. The first-order valence-corrected chi connectivity index (χ1v) is 23.9. The first kappa shape index (κ1) is 53.6. The molecule has 57 heavy (non-hydrogen) atoms. The largest absolute Gasteiger partial charge is 0.756 e. The summed E-state index contributed by atoms with van der Waals surface area (Å²) in [4.78, 5) is 37.9. The second-order valence-electron chi connectivity index (χ2n) is 15.9. The van der Waals surface area contributed by atoms with Crippen LogP contribution in [-0.4, -0.2) is 93.4 Å². The molecule has 5 N–H and O–H groups in total. The molecule has 8 atom stereocenters. The molecule has 0 spiro atoms. The molecule has 0 aromatic rings. The van der Waals surface area contributed by atoms with Crippen LogP contribution in [0.2, 0.25) is 0 Å². The highest BCUT2D eigenvalue weighted by atomic mass is 31.2. The average molecular weight is 836 g/mol.